The molecule has 0 aliphatic heterocycles. The summed E-state index contributed by atoms with van der Waals surface area (Å²) in [5.41, 5.74) is 2.76. The van der Waals surface area contributed by atoms with Crippen molar-refractivity contribution in [2.45, 2.75) is 39.3 Å². The Morgan fingerprint density at radius 1 is 1.29 bits per heavy atom. The first-order valence-electron chi connectivity index (χ1n) is 8.32. The molecule has 0 unspecified atom stereocenters. The van der Waals surface area contributed by atoms with Gasteiger partial charge in [-0.1, -0.05) is 31.2 Å². The first-order chi connectivity index (χ1) is 10.3. The van der Waals surface area contributed by atoms with Gasteiger partial charge in [-0.05, 0) is 49.9 Å². The molecule has 1 aliphatic carbocycles. The number of hydrogen-bond acceptors (Lipinski definition) is 3. The molecule has 1 N–H and O–H groups in total. The zero-order chi connectivity index (χ0) is 14.9. The average molecular weight is 290 g/mol. The summed E-state index contributed by atoms with van der Waals surface area (Å²) in [6, 6.07) is 8.88. The summed E-state index contributed by atoms with van der Waals surface area (Å²) in [4.78, 5) is 2.34. The summed E-state index contributed by atoms with van der Waals surface area (Å²) in [6.45, 7) is 8.07. The van der Waals surface area contributed by atoms with Gasteiger partial charge in [0, 0.05) is 26.2 Å². The van der Waals surface area contributed by atoms with Crippen LogP contribution >= 0.6 is 0 Å². The molecule has 0 aromatic heterocycles. The molecule has 1 aromatic carbocycles. The van der Waals surface area contributed by atoms with Gasteiger partial charge in [-0.15, -0.1) is 0 Å². The summed E-state index contributed by atoms with van der Waals surface area (Å²) < 4.78 is 5.70. The minimum atomic E-state index is 0.852. The van der Waals surface area contributed by atoms with E-state index in [-0.39, 0.29) is 0 Å². The molecule has 0 amide bonds. The van der Waals surface area contributed by atoms with Crippen LogP contribution in [0.3, 0.4) is 0 Å². The van der Waals surface area contributed by atoms with Gasteiger partial charge in [-0.2, -0.15) is 0 Å². The molecule has 0 bridgehead atoms. The molecule has 3 heteroatoms. The Hall–Kier alpha value is -0.900. The highest BCUT2D eigenvalue weighted by atomic mass is 16.5. The van der Waals surface area contributed by atoms with Gasteiger partial charge in [0.05, 0.1) is 6.61 Å². The van der Waals surface area contributed by atoms with E-state index in [9.17, 15) is 0 Å². The van der Waals surface area contributed by atoms with Crippen molar-refractivity contribution in [1.82, 2.24) is 10.2 Å². The van der Waals surface area contributed by atoms with E-state index in [0.717, 1.165) is 45.3 Å². The molecule has 0 radical (unpaired) electrons. The lowest BCUT2D eigenvalue weighted by atomic mass is 10.1. The van der Waals surface area contributed by atoms with Gasteiger partial charge in [-0.3, -0.25) is 4.90 Å². The van der Waals surface area contributed by atoms with Crippen LogP contribution in [0.15, 0.2) is 24.3 Å². The Kier molecular flexibility index (Phi) is 7.20. The van der Waals surface area contributed by atoms with Crippen LogP contribution in [0.25, 0.3) is 0 Å². The van der Waals surface area contributed by atoms with Crippen LogP contribution in [0.1, 0.15) is 37.3 Å². The molecule has 0 heterocycles. The number of hydrogen-bond donors (Lipinski definition) is 1. The number of nitrogens with one attached hydrogen (secondary N) is 1. The highest BCUT2D eigenvalue weighted by molar-refractivity contribution is 5.23. The lowest BCUT2D eigenvalue weighted by Crippen LogP contribution is -2.23. The highest BCUT2D eigenvalue weighted by Gasteiger charge is 2.20. The van der Waals surface area contributed by atoms with Crippen molar-refractivity contribution >= 4 is 0 Å². The van der Waals surface area contributed by atoms with E-state index in [2.05, 4.69) is 48.5 Å². The quantitative estimate of drug-likeness (QED) is 0.634. The average Bonchev–Trinajstić information content (AvgIpc) is 3.29. The van der Waals surface area contributed by atoms with Crippen molar-refractivity contribution in [3.63, 3.8) is 0 Å². The summed E-state index contributed by atoms with van der Waals surface area (Å²) in [5.74, 6) is 0.864. The summed E-state index contributed by atoms with van der Waals surface area (Å²) >= 11 is 0. The van der Waals surface area contributed by atoms with E-state index >= 15 is 0 Å². The number of nitrogens with zero attached hydrogens (tertiary/aromatic N) is 1. The van der Waals surface area contributed by atoms with Gasteiger partial charge in [0.15, 0.2) is 0 Å². The number of likely N-dealkylation sites (N-methyl/N-ethyl adjacent to an activating group) is 1. The zero-order valence-electron chi connectivity index (χ0n) is 13.6. The summed E-state index contributed by atoms with van der Waals surface area (Å²) in [7, 11) is 2.17. The molecular formula is C18H30N2O. The van der Waals surface area contributed by atoms with E-state index in [1.54, 1.807) is 0 Å². The lowest BCUT2D eigenvalue weighted by Gasteiger charge is -2.17. The van der Waals surface area contributed by atoms with Crippen LogP contribution in [0, 0.1) is 5.92 Å². The number of rotatable bonds is 11. The van der Waals surface area contributed by atoms with Crippen molar-refractivity contribution in [2.24, 2.45) is 5.92 Å². The molecule has 118 valence electrons. The molecule has 0 spiro atoms. The Labute approximate surface area is 129 Å². The summed E-state index contributed by atoms with van der Waals surface area (Å²) in [5, 5.41) is 3.46. The van der Waals surface area contributed by atoms with Crippen molar-refractivity contribution in [3.8, 4) is 0 Å². The number of ether oxygens (including phenoxy) is 1. The normalized spacial score (nSPS) is 14.8. The van der Waals surface area contributed by atoms with Gasteiger partial charge < -0.3 is 10.1 Å². The monoisotopic (exact) mass is 290 g/mol. The van der Waals surface area contributed by atoms with Crippen LogP contribution in [0.2, 0.25) is 0 Å². The van der Waals surface area contributed by atoms with Gasteiger partial charge >= 0.3 is 0 Å². The Morgan fingerprint density at radius 2 is 2.10 bits per heavy atom. The van der Waals surface area contributed by atoms with Gasteiger partial charge in [0.1, 0.15) is 0 Å². The van der Waals surface area contributed by atoms with Crippen LogP contribution < -0.4 is 5.32 Å². The fraction of sp³-hybridized carbons (Fsp3) is 0.667. The Morgan fingerprint density at radius 3 is 2.86 bits per heavy atom. The van der Waals surface area contributed by atoms with E-state index < -0.39 is 0 Å². The first-order valence-corrected chi connectivity index (χ1v) is 8.32. The Bertz CT molecular complexity index is 404. The summed E-state index contributed by atoms with van der Waals surface area (Å²) in [6.07, 6.45) is 3.92. The molecule has 2 rings (SSSR count). The second-order valence-corrected chi connectivity index (χ2v) is 6.25. The minimum Gasteiger partial charge on any atom is -0.380 e. The second-order valence-electron chi connectivity index (χ2n) is 6.25. The maximum atomic E-state index is 5.70. The van der Waals surface area contributed by atoms with E-state index in [1.807, 2.05) is 0 Å². The molecule has 1 aromatic rings. The molecule has 1 fully saturated rings. The zero-order valence-corrected chi connectivity index (χ0v) is 13.6. The maximum absolute atomic E-state index is 5.70. The fourth-order valence-corrected chi connectivity index (χ4v) is 2.39. The molecule has 21 heavy (non-hydrogen) atoms. The smallest absolute Gasteiger partial charge is 0.0593 e. The van der Waals surface area contributed by atoms with E-state index in [4.69, 9.17) is 4.74 Å². The maximum Gasteiger partial charge on any atom is 0.0593 e. The molecule has 3 nitrogen and oxygen atoms in total. The van der Waals surface area contributed by atoms with Gasteiger partial charge in [-0.25, -0.2) is 0 Å². The standard InChI is InChI=1S/C18H30N2O/c1-3-9-19-13-17-5-4-6-18(12-17)14-20(2)10-11-21-15-16-7-8-16/h4-6,12,16,19H,3,7-11,13-15H2,1-2H3. The highest BCUT2D eigenvalue weighted by Crippen LogP contribution is 2.28. The molecular weight excluding hydrogens is 260 g/mol. The van der Waals surface area contributed by atoms with Crippen molar-refractivity contribution in [1.29, 1.82) is 0 Å². The largest absolute Gasteiger partial charge is 0.380 e. The van der Waals surface area contributed by atoms with Gasteiger partial charge in [0.2, 0.25) is 0 Å². The third-order valence-electron chi connectivity index (χ3n) is 3.87. The molecule has 1 aliphatic rings. The van der Waals surface area contributed by atoms with Crippen LogP contribution in [-0.4, -0.2) is 38.3 Å². The fourth-order valence-electron chi connectivity index (χ4n) is 2.39. The molecule has 1 saturated carbocycles. The van der Waals surface area contributed by atoms with Crippen molar-refractivity contribution < 1.29 is 4.74 Å². The lowest BCUT2D eigenvalue weighted by molar-refractivity contribution is 0.102. The number of benzene rings is 1. The van der Waals surface area contributed by atoms with Crippen LogP contribution in [0.4, 0.5) is 0 Å². The minimum absolute atomic E-state index is 0.852. The topological polar surface area (TPSA) is 24.5 Å². The Balaban J connectivity index is 1.66. The van der Waals surface area contributed by atoms with E-state index in [1.165, 1.54) is 30.4 Å². The first kappa shape index (κ1) is 16.5. The SMILES string of the molecule is CCCNCc1cccc(CN(C)CCOCC2CC2)c1. The third kappa shape index (κ3) is 7.07. The van der Waals surface area contributed by atoms with Crippen molar-refractivity contribution in [3.05, 3.63) is 35.4 Å². The third-order valence-corrected chi connectivity index (χ3v) is 3.87. The molecule has 0 atom stereocenters. The van der Waals surface area contributed by atoms with Gasteiger partial charge in [0.25, 0.3) is 0 Å². The predicted octanol–water partition coefficient (Wildman–Crippen LogP) is 3.04. The van der Waals surface area contributed by atoms with Crippen LogP contribution in [0.5, 0.6) is 0 Å². The van der Waals surface area contributed by atoms with Crippen molar-refractivity contribution in [2.75, 3.05) is 33.4 Å². The van der Waals surface area contributed by atoms with Crippen LogP contribution in [-0.2, 0) is 17.8 Å². The molecule has 0 saturated heterocycles. The second kappa shape index (κ2) is 9.19. The predicted molar refractivity (Wildman–Crippen MR) is 88.3 cm³/mol. The van der Waals surface area contributed by atoms with E-state index in [0.29, 0.717) is 0 Å².